The Kier molecular flexibility index (Phi) is 2.77. The number of fused-ring (bicyclic) bond motifs is 9. The van der Waals surface area contributed by atoms with E-state index in [1.165, 1.54) is 65.3 Å². The van der Waals surface area contributed by atoms with Crippen molar-refractivity contribution in [2.75, 3.05) is 0 Å². The first-order valence-corrected chi connectivity index (χ1v) is 11.7. The monoisotopic (exact) mass is 434 g/mol. The highest BCUT2D eigenvalue weighted by molar-refractivity contribution is 6.35. The molecular weight excluding hydrogens is 416 g/mol. The minimum Gasteiger partial charge on any atom is -0.454 e. The molecule has 0 fully saturated rings. The van der Waals surface area contributed by atoms with E-state index in [0.29, 0.717) is 0 Å². The summed E-state index contributed by atoms with van der Waals surface area (Å²) in [6.07, 6.45) is 0. The summed E-state index contributed by atoms with van der Waals surface area (Å²) in [5.41, 5.74) is 8.05. The number of para-hydroxylation sites is 3. The molecule has 0 N–H and O–H groups in total. The molecular formula is C31H18N2O. The summed E-state index contributed by atoms with van der Waals surface area (Å²) in [5.74, 6) is 0. The van der Waals surface area contributed by atoms with Gasteiger partial charge in [-0.1, -0.05) is 60.7 Å². The zero-order chi connectivity index (χ0) is 22.1. The SMILES string of the molecule is Cn1c2cccc3c2c2c(cc4c5ccccc5oc4c21)c1cccc2c4ccccc4n3c12. The van der Waals surface area contributed by atoms with Gasteiger partial charge in [-0.05, 0) is 35.7 Å². The van der Waals surface area contributed by atoms with Crippen molar-refractivity contribution in [2.45, 2.75) is 0 Å². The van der Waals surface area contributed by atoms with Crippen LogP contribution in [0.15, 0.2) is 95.4 Å². The normalized spacial score (nSPS) is 12.9. The van der Waals surface area contributed by atoms with Gasteiger partial charge in [0, 0.05) is 44.8 Å². The van der Waals surface area contributed by atoms with Crippen molar-refractivity contribution in [2.24, 2.45) is 7.05 Å². The van der Waals surface area contributed by atoms with Crippen LogP contribution >= 0.6 is 0 Å². The summed E-state index contributed by atoms with van der Waals surface area (Å²) in [4.78, 5) is 0. The molecule has 3 heteroatoms. The second kappa shape index (κ2) is 5.52. The van der Waals surface area contributed by atoms with Crippen molar-refractivity contribution in [1.29, 1.82) is 0 Å². The lowest BCUT2D eigenvalue weighted by Gasteiger charge is -2.04. The topological polar surface area (TPSA) is 22.5 Å². The smallest absolute Gasteiger partial charge is 0.159 e. The van der Waals surface area contributed by atoms with Crippen molar-refractivity contribution >= 4 is 81.8 Å². The molecule has 34 heavy (non-hydrogen) atoms. The molecule has 0 aliphatic carbocycles. The highest BCUT2D eigenvalue weighted by Crippen LogP contribution is 2.46. The van der Waals surface area contributed by atoms with Gasteiger partial charge in [-0.2, -0.15) is 0 Å². The molecule has 0 aliphatic heterocycles. The number of furan rings is 1. The van der Waals surface area contributed by atoms with Crippen LogP contribution in [0.25, 0.3) is 81.8 Å². The van der Waals surface area contributed by atoms with Crippen molar-refractivity contribution in [1.82, 2.24) is 8.97 Å². The Morgan fingerprint density at radius 3 is 2.12 bits per heavy atom. The van der Waals surface area contributed by atoms with Crippen LogP contribution in [-0.4, -0.2) is 8.97 Å². The fraction of sp³-hybridized carbons (Fsp3) is 0.0323. The molecule has 0 atom stereocenters. The molecule has 3 nitrogen and oxygen atoms in total. The summed E-state index contributed by atoms with van der Waals surface area (Å²) in [6, 6.07) is 32.9. The molecule has 0 spiro atoms. The van der Waals surface area contributed by atoms with Crippen LogP contribution in [0.5, 0.6) is 0 Å². The molecule has 4 heterocycles. The molecule has 9 aromatic rings. The maximum atomic E-state index is 6.51. The fourth-order valence-corrected chi connectivity index (χ4v) is 6.48. The van der Waals surface area contributed by atoms with Gasteiger partial charge in [-0.25, -0.2) is 0 Å². The first kappa shape index (κ1) is 17.0. The Bertz CT molecular complexity index is 2290. The maximum Gasteiger partial charge on any atom is 0.159 e. The summed E-state index contributed by atoms with van der Waals surface area (Å²) in [6.45, 7) is 0. The lowest BCUT2D eigenvalue weighted by Crippen LogP contribution is -1.89. The molecule has 0 saturated heterocycles. The van der Waals surface area contributed by atoms with Crippen LogP contribution < -0.4 is 0 Å². The van der Waals surface area contributed by atoms with Gasteiger partial charge in [-0.15, -0.1) is 0 Å². The van der Waals surface area contributed by atoms with Gasteiger partial charge in [0.2, 0.25) is 0 Å². The number of hydrogen-bond donors (Lipinski definition) is 0. The van der Waals surface area contributed by atoms with Gasteiger partial charge in [0.15, 0.2) is 5.58 Å². The zero-order valence-corrected chi connectivity index (χ0v) is 18.5. The number of aryl methyl sites for hydroxylation is 1. The third-order valence-corrected chi connectivity index (χ3v) is 7.84. The average molecular weight is 434 g/mol. The van der Waals surface area contributed by atoms with Gasteiger partial charge in [0.25, 0.3) is 0 Å². The van der Waals surface area contributed by atoms with Crippen LogP contribution in [0.3, 0.4) is 0 Å². The van der Waals surface area contributed by atoms with Crippen molar-refractivity contribution in [3.05, 3.63) is 91.0 Å². The second-order valence-corrected chi connectivity index (χ2v) is 9.41. The lowest BCUT2D eigenvalue weighted by atomic mass is 10.0. The maximum absolute atomic E-state index is 6.51. The van der Waals surface area contributed by atoms with E-state index >= 15 is 0 Å². The molecule has 0 amide bonds. The van der Waals surface area contributed by atoms with E-state index < -0.39 is 0 Å². The van der Waals surface area contributed by atoms with Gasteiger partial charge < -0.3 is 13.4 Å². The van der Waals surface area contributed by atoms with Gasteiger partial charge >= 0.3 is 0 Å². The Morgan fingerprint density at radius 2 is 1.21 bits per heavy atom. The van der Waals surface area contributed by atoms with Gasteiger partial charge in [-0.3, -0.25) is 0 Å². The number of rotatable bonds is 0. The Balaban J connectivity index is 1.77. The first-order chi connectivity index (χ1) is 16.8. The third-order valence-electron chi connectivity index (χ3n) is 7.84. The van der Waals surface area contributed by atoms with Crippen LogP contribution in [0.1, 0.15) is 0 Å². The van der Waals surface area contributed by atoms with Crippen molar-refractivity contribution in [3.8, 4) is 0 Å². The molecule has 5 aromatic carbocycles. The predicted octanol–water partition coefficient (Wildman–Crippen LogP) is 8.38. The Labute approximate surface area is 193 Å². The molecule has 0 radical (unpaired) electrons. The molecule has 0 aliphatic rings. The highest BCUT2D eigenvalue weighted by atomic mass is 16.3. The van der Waals surface area contributed by atoms with E-state index in [1.54, 1.807) is 0 Å². The van der Waals surface area contributed by atoms with E-state index in [0.717, 1.165) is 16.6 Å². The summed E-state index contributed by atoms with van der Waals surface area (Å²) < 4.78 is 11.3. The van der Waals surface area contributed by atoms with E-state index in [-0.39, 0.29) is 0 Å². The number of nitrogens with zero attached hydrogens (tertiary/aromatic N) is 2. The van der Waals surface area contributed by atoms with Gasteiger partial charge in [0.1, 0.15) is 5.58 Å². The quantitative estimate of drug-likeness (QED) is 0.235. The van der Waals surface area contributed by atoms with Crippen LogP contribution in [0.4, 0.5) is 0 Å². The molecule has 4 aromatic heterocycles. The predicted molar refractivity (Wildman–Crippen MR) is 142 cm³/mol. The number of aromatic nitrogens is 2. The summed E-state index contributed by atoms with van der Waals surface area (Å²) in [5, 5.41) is 10.0. The zero-order valence-electron chi connectivity index (χ0n) is 18.5. The minimum atomic E-state index is 0.936. The van der Waals surface area contributed by atoms with Crippen molar-refractivity contribution in [3.63, 3.8) is 0 Å². The largest absolute Gasteiger partial charge is 0.454 e. The second-order valence-electron chi connectivity index (χ2n) is 9.41. The van der Waals surface area contributed by atoms with Crippen LogP contribution in [-0.2, 0) is 7.05 Å². The summed E-state index contributed by atoms with van der Waals surface area (Å²) in [7, 11) is 2.17. The Hall–Kier alpha value is -4.50. The van der Waals surface area contributed by atoms with Crippen LogP contribution in [0, 0.1) is 0 Å². The average Bonchev–Trinajstić information content (AvgIpc) is 3.49. The third kappa shape index (κ3) is 1.74. The van der Waals surface area contributed by atoms with Gasteiger partial charge in [0.05, 0.1) is 27.6 Å². The molecule has 0 saturated carbocycles. The van der Waals surface area contributed by atoms with E-state index in [9.17, 15) is 0 Å². The Morgan fingerprint density at radius 1 is 0.529 bits per heavy atom. The highest BCUT2D eigenvalue weighted by Gasteiger charge is 2.23. The molecule has 0 unspecified atom stereocenters. The fourth-order valence-electron chi connectivity index (χ4n) is 6.48. The molecule has 0 bridgehead atoms. The lowest BCUT2D eigenvalue weighted by molar-refractivity contribution is 0.670. The van der Waals surface area contributed by atoms with E-state index in [1.807, 2.05) is 6.07 Å². The molecule has 158 valence electrons. The number of hydrogen-bond acceptors (Lipinski definition) is 1. The minimum absolute atomic E-state index is 0.936. The standard InChI is InChI=1S/C31H18N2O/c1-32-24-13-7-14-25-28(24)27-21(16-22-18-9-3-5-15-26(18)34-31(22)30(27)32)20-11-6-10-19-17-8-2-4-12-23(17)33(25)29(19)20/h2-16H,1H3. The van der Waals surface area contributed by atoms with E-state index in [2.05, 4.69) is 101 Å². The van der Waals surface area contributed by atoms with Crippen molar-refractivity contribution < 1.29 is 4.42 Å². The van der Waals surface area contributed by atoms with E-state index in [4.69, 9.17) is 4.42 Å². The molecule has 9 rings (SSSR count). The first-order valence-electron chi connectivity index (χ1n) is 11.7. The number of benzene rings is 5. The summed E-state index contributed by atoms with van der Waals surface area (Å²) >= 11 is 0. The van der Waals surface area contributed by atoms with Crippen LogP contribution in [0.2, 0.25) is 0 Å².